The summed E-state index contributed by atoms with van der Waals surface area (Å²) >= 11 is 17.4. The predicted octanol–water partition coefficient (Wildman–Crippen LogP) is 6.10. The highest BCUT2D eigenvalue weighted by Gasteiger charge is 2.34. The van der Waals surface area contributed by atoms with Crippen LogP contribution in [0, 0.1) is 4.78 Å². The number of hydrogen-bond donors (Lipinski definition) is 1. The van der Waals surface area contributed by atoms with Crippen molar-refractivity contribution in [3.8, 4) is 5.75 Å². The van der Waals surface area contributed by atoms with E-state index in [1.54, 1.807) is 0 Å². The van der Waals surface area contributed by atoms with Gasteiger partial charge in [-0.05, 0) is 37.3 Å². The smallest absolute Gasteiger partial charge is 0.357 e. The highest BCUT2D eigenvalue weighted by atomic mass is 35.5. The molecule has 0 saturated heterocycles. The molecule has 27 heavy (non-hydrogen) atoms. The number of rotatable bonds is 3. The first-order chi connectivity index (χ1) is 12.4. The second-order valence-electron chi connectivity index (χ2n) is 4.77. The lowest BCUT2D eigenvalue weighted by Gasteiger charge is -2.12. The third-order valence-electron chi connectivity index (χ3n) is 2.86. The number of alkyl halides is 3. The second-order valence-corrected chi connectivity index (χ2v) is 6.49. The molecule has 0 aliphatic rings. The van der Waals surface area contributed by atoms with Crippen LogP contribution in [0.3, 0.4) is 0 Å². The average molecular weight is 462 g/mol. The number of nitrogens with zero attached hydrogens (tertiary/aromatic N) is 1. The van der Waals surface area contributed by atoms with Gasteiger partial charge in [-0.1, -0.05) is 40.0 Å². The summed E-state index contributed by atoms with van der Waals surface area (Å²) < 4.78 is 61.9. The number of hydrogen-bond acceptors (Lipinski definition) is 5. The molecule has 0 aromatic heterocycles. The summed E-state index contributed by atoms with van der Waals surface area (Å²) in [6, 6.07) is 7.64. The fourth-order valence-corrected chi connectivity index (χ4v) is 2.23. The topological polar surface area (TPSA) is 79.6 Å². The van der Waals surface area contributed by atoms with Gasteiger partial charge in [0.15, 0.2) is 5.75 Å². The molecule has 2 rings (SSSR count). The summed E-state index contributed by atoms with van der Waals surface area (Å²) in [5.74, 6) is 0.245. The Kier molecular flexibility index (Phi) is 8.55. The van der Waals surface area contributed by atoms with E-state index in [0.717, 1.165) is 6.07 Å². The maximum absolute atomic E-state index is 13.0. The molecule has 0 unspecified atom stereocenters. The number of oxime groups is 1. The van der Waals surface area contributed by atoms with E-state index < -0.39 is 22.2 Å². The minimum atomic E-state index is -4.53. The third kappa shape index (κ3) is 7.76. The van der Waals surface area contributed by atoms with Crippen molar-refractivity contribution in [2.24, 2.45) is 5.16 Å². The Hall–Kier alpha value is -1.81. The summed E-state index contributed by atoms with van der Waals surface area (Å²) in [6.07, 6.45) is -4.53. The Bertz CT molecular complexity index is 958. The first-order valence-electron chi connectivity index (χ1n) is 6.76. The summed E-state index contributed by atoms with van der Waals surface area (Å²) in [6.45, 7) is 1.39. The summed E-state index contributed by atoms with van der Waals surface area (Å²) in [7, 11) is -2.61. The Morgan fingerprint density at radius 1 is 1.07 bits per heavy atom. The Balaban J connectivity index is 0.000000828. The minimum Gasteiger partial charge on any atom is -0.357 e. The van der Waals surface area contributed by atoms with Gasteiger partial charge in [-0.25, -0.2) is 0 Å². The molecule has 146 valence electrons. The maximum Gasteiger partial charge on any atom is 0.417 e. The summed E-state index contributed by atoms with van der Waals surface area (Å²) in [5, 5.41) is 4.44. The van der Waals surface area contributed by atoms with Crippen molar-refractivity contribution in [2.45, 2.75) is 13.1 Å². The van der Waals surface area contributed by atoms with E-state index in [1.807, 2.05) is 0 Å². The van der Waals surface area contributed by atoms with E-state index in [4.69, 9.17) is 52.8 Å². The van der Waals surface area contributed by atoms with Crippen LogP contribution in [0.15, 0.2) is 41.6 Å². The van der Waals surface area contributed by atoms with Gasteiger partial charge in [0.1, 0.15) is 0 Å². The maximum atomic E-state index is 13.0. The first-order valence-corrected chi connectivity index (χ1v) is 8.97. The van der Waals surface area contributed by atoms with Crippen molar-refractivity contribution < 1.29 is 26.4 Å². The number of benzene rings is 2. The average Bonchev–Trinajstić information content (AvgIpc) is 2.54. The van der Waals surface area contributed by atoms with E-state index in [1.165, 1.54) is 37.3 Å². The van der Waals surface area contributed by atoms with E-state index in [-0.39, 0.29) is 27.1 Å². The van der Waals surface area contributed by atoms with Crippen molar-refractivity contribution in [1.82, 2.24) is 0 Å². The SMILES string of the molecule is C/C(=N\Oc1ccc(Cl)c(Cl)c1)c1cc(Cl)ccc1C(F)(F)F.N=S(=O)=O. The van der Waals surface area contributed by atoms with Crippen molar-refractivity contribution in [1.29, 1.82) is 4.78 Å². The predicted molar refractivity (Wildman–Crippen MR) is 97.4 cm³/mol. The van der Waals surface area contributed by atoms with Gasteiger partial charge in [-0.3, -0.25) is 0 Å². The van der Waals surface area contributed by atoms with E-state index in [2.05, 4.69) is 5.16 Å². The molecular formula is C15H10Cl3F3N2O3S. The zero-order valence-corrected chi connectivity index (χ0v) is 16.4. The normalized spacial score (nSPS) is 11.4. The van der Waals surface area contributed by atoms with Crippen LogP contribution in [0.1, 0.15) is 18.1 Å². The van der Waals surface area contributed by atoms with Crippen molar-refractivity contribution in [3.63, 3.8) is 0 Å². The van der Waals surface area contributed by atoms with Crippen molar-refractivity contribution in [3.05, 3.63) is 62.6 Å². The molecule has 0 heterocycles. The molecule has 5 nitrogen and oxygen atoms in total. The van der Waals surface area contributed by atoms with Gasteiger partial charge < -0.3 is 4.84 Å². The molecule has 12 heteroatoms. The molecule has 0 aliphatic heterocycles. The lowest BCUT2D eigenvalue weighted by molar-refractivity contribution is -0.137. The van der Waals surface area contributed by atoms with Crippen LogP contribution in [0.4, 0.5) is 13.2 Å². The van der Waals surface area contributed by atoms with Gasteiger partial charge in [0.2, 0.25) is 0 Å². The zero-order chi connectivity index (χ0) is 20.8. The molecule has 0 aliphatic carbocycles. The highest BCUT2D eigenvalue weighted by Crippen LogP contribution is 2.34. The largest absolute Gasteiger partial charge is 0.417 e. The number of nitrogens with one attached hydrogen (secondary N) is 1. The van der Waals surface area contributed by atoms with Crippen LogP contribution >= 0.6 is 34.8 Å². The summed E-state index contributed by atoms with van der Waals surface area (Å²) in [4.78, 5) is 5.10. The van der Waals surface area contributed by atoms with E-state index in [9.17, 15) is 13.2 Å². The van der Waals surface area contributed by atoms with Crippen LogP contribution in [-0.4, -0.2) is 14.1 Å². The van der Waals surface area contributed by atoms with Crippen LogP contribution in [0.25, 0.3) is 0 Å². The van der Waals surface area contributed by atoms with Crippen molar-refractivity contribution >= 4 is 51.0 Å². The fourth-order valence-electron chi connectivity index (χ4n) is 1.77. The Labute approximate surface area is 168 Å². The van der Waals surface area contributed by atoms with Gasteiger partial charge >= 0.3 is 16.7 Å². The van der Waals surface area contributed by atoms with Gasteiger partial charge in [0, 0.05) is 16.7 Å². The van der Waals surface area contributed by atoms with Crippen LogP contribution < -0.4 is 4.84 Å². The monoisotopic (exact) mass is 460 g/mol. The van der Waals surface area contributed by atoms with Gasteiger partial charge in [-0.2, -0.15) is 26.4 Å². The second kappa shape index (κ2) is 9.93. The molecule has 0 spiro atoms. The molecule has 2 aromatic rings. The summed E-state index contributed by atoms with van der Waals surface area (Å²) in [5.41, 5.74) is -0.989. The van der Waals surface area contributed by atoms with Gasteiger partial charge in [0.25, 0.3) is 0 Å². The first kappa shape index (κ1) is 23.2. The Morgan fingerprint density at radius 3 is 2.19 bits per heavy atom. The lowest BCUT2D eigenvalue weighted by Crippen LogP contribution is -2.12. The highest BCUT2D eigenvalue weighted by molar-refractivity contribution is 7.60. The van der Waals surface area contributed by atoms with Crippen molar-refractivity contribution in [2.75, 3.05) is 0 Å². The van der Waals surface area contributed by atoms with Gasteiger partial charge in [-0.15, -0.1) is 0 Å². The quantitative estimate of drug-likeness (QED) is 0.443. The molecule has 0 bridgehead atoms. The molecule has 0 amide bonds. The molecule has 0 fully saturated rings. The van der Waals surface area contributed by atoms with E-state index in [0.29, 0.717) is 5.02 Å². The molecular weight excluding hydrogens is 452 g/mol. The van der Waals surface area contributed by atoms with Crippen LogP contribution in [-0.2, 0) is 16.7 Å². The number of halogens is 6. The minimum absolute atomic E-state index is 0.0193. The third-order valence-corrected chi connectivity index (χ3v) is 3.83. The molecule has 0 radical (unpaired) electrons. The Morgan fingerprint density at radius 2 is 1.67 bits per heavy atom. The van der Waals surface area contributed by atoms with Crippen LogP contribution in [0.5, 0.6) is 5.75 Å². The molecule has 1 N–H and O–H groups in total. The molecule has 0 atom stereocenters. The van der Waals surface area contributed by atoms with E-state index >= 15 is 0 Å². The molecule has 0 saturated carbocycles. The van der Waals surface area contributed by atoms with Crippen LogP contribution in [0.2, 0.25) is 15.1 Å². The van der Waals surface area contributed by atoms with Gasteiger partial charge in [0.05, 0.1) is 21.3 Å². The zero-order valence-electron chi connectivity index (χ0n) is 13.3. The molecule has 2 aromatic carbocycles. The standard InChI is InChI=1S/C15H9Cl3F3NO.HNO2S/c1-8(22-23-10-3-5-13(17)14(18)7-10)11-6-9(16)2-4-12(11)15(19,20)21;1-4(2)3/h2-7H,1H3;1H/b22-8+;. The lowest BCUT2D eigenvalue weighted by atomic mass is 10.0. The fraction of sp³-hybridized carbons (Fsp3) is 0.133.